The maximum Gasteiger partial charge on any atom is 0.333 e. The molecule has 0 N–H and O–H groups in total. The van der Waals surface area contributed by atoms with Crippen molar-refractivity contribution in [3.05, 3.63) is 12.2 Å². The molecule has 0 bridgehead atoms. The van der Waals surface area contributed by atoms with Crippen molar-refractivity contribution in [3.8, 4) is 0 Å². The third-order valence-corrected chi connectivity index (χ3v) is 6.23. The number of rotatable bonds is 17. The van der Waals surface area contributed by atoms with Gasteiger partial charge in [0.25, 0.3) is 0 Å². The van der Waals surface area contributed by atoms with Crippen LogP contribution in [0.25, 0.3) is 0 Å². The van der Waals surface area contributed by atoms with E-state index in [4.69, 9.17) is 14.2 Å². The molecule has 0 aliphatic carbocycles. The quantitative estimate of drug-likeness (QED) is 0.0871. The SMILES string of the molecule is C.C.C.C.C=C(C)C(=O)OCCOC(=O)C(C)CC(C)(CSCCCCCCCC)C(=O)OC. The lowest BCUT2D eigenvalue weighted by molar-refractivity contribution is -0.157. The molecule has 6 nitrogen and oxygen atoms in total. The molecule has 0 heterocycles. The maximum atomic E-state index is 12.4. The van der Waals surface area contributed by atoms with E-state index in [1.807, 2.05) is 6.92 Å². The molecule has 0 aliphatic rings. The van der Waals surface area contributed by atoms with Crippen LogP contribution in [0.1, 0.15) is 102 Å². The molecule has 0 radical (unpaired) electrons. The Kier molecular flexibility index (Phi) is 30.9. The summed E-state index contributed by atoms with van der Waals surface area (Å²) in [6.07, 6.45) is 7.75. The predicted molar refractivity (Wildman–Crippen MR) is 148 cm³/mol. The van der Waals surface area contributed by atoms with Crippen LogP contribution in [-0.4, -0.2) is 49.7 Å². The summed E-state index contributed by atoms with van der Waals surface area (Å²) in [5, 5.41) is 0. The van der Waals surface area contributed by atoms with Gasteiger partial charge in [-0.15, -0.1) is 0 Å². The molecule has 0 fully saturated rings. The molecule has 0 saturated heterocycles. The molecule has 206 valence electrons. The molecule has 0 aromatic carbocycles. The first-order chi connectivity index (χ1) is 14.2. The Morgan fingerprint density at radius 3 is 2.00 bits per heavy atom. The van der Waals surface area contributed by atoms with Crippen LogP contribution >= 0.6 is 11.8 Å². The summed E-state index contributed by atoms with van der Waals surface area (Å²) in [5.41, 5.74) is -0.464. The molecule has 0 aromatic rings. The van der Waals surface area contributed by atoms with Gasteiger partial charge in [-0.1, -0.05) is 82.2 Å². The topological polar surface area (TPSA) is 78.9 Å². The zero-order chi connectivity index (χ0) is 23.0. The van der Waals surface area contributed by atoms with Crippen molar-refractivity contribution < 1.29 is 28.6 Å². The molecule has 2 unspecified atom stereocenters. The minimum Gasteiger partial charge on any atom is -0.469 e. The van der Waals surface area contributed by atoms with E-state index in [1.54, 1.807) is 25.6 Å². The molecule has 2 atom stereocenters. The average molecular weight is 509 g/mol. The lowest BCUT2D eigenvalue weighted by Crippen LogP contribution is -2.36. The fourth-order valence-electron chi connectivity index (χ4n) is 3.03. The van der Waals surface area contributed by atoms with Gasteiger partial charge in [-0.2, -0.15) is 11.8 Å². The van der Waals surface area contributed by atoms with Gasteiger partial charge in [0, 0.05) is 11.3 Å². The maximum absolute atomic E-state index is 12.4. The van der Waals surface area contributed by atoms with Gasteiger partial charge in [-0.3, -0.25) is 9.59 Å². The summed E-state index contributed by atoms with van der Waals surface area (Å²) in [4.78, 5) is 36.0. The van der Waals surface area contributed by atoms with E-state index in [0.29, 0.717) is 17.7 Å². The summed E-state index contributed by atoms with van der Waals surface area (Å²) < 4.78 is 15.1. The number of ether oxygens (including phenoxy) is 3. The summed E-state index contributed by atoms with van der Waals surface area (Å²) in [5.74, 6) is -0.126. The zero-order valence-electron chi connectivity index (χ0n) is 19.4. The molecule has 0 spiro atoms. The first-order valence-corrected chi connectivity index (χ1v) is 12.0. The Morgan fingerprint density at radius 1 is 0.941 bits per heavy atom. The van der Waals surface area contributed by atoms with E-state index >= 15 is 0 Å². The summed E-state index contributed by atoms with van der Waals surface area (Å²) in [6, 6.07) is 0. The molecular formula is C27H56O6S. The van der Waals surface area contributed by atoms with E-state index in [-0.39, 0.29) is 48.9 Å². The number of unbranched alkanes of at least 4 members (excludes halogenated alkanes) is 5. The van der Waals surface area contributed by atoms with Gasteiger partial charge in [0.05, 0.1) is 18.4 Å². The van der Waals surface area contributed by atoms with E-state index < -0.39 is 23.3 Å². The first-order valence-electron chi connectivity index (χ1n) is 10.8. The lowest BCUT2D eigenvalue weighted by atomic mass is 9.83. The zero-order valence-corrected chi connectivity index (χ0v) is 20.2. The predicted octanol–water partition coefficient (Wildman–Crippen LogP) is 7.49. The van der Waals surface area contributed by atoms with E-state index in [0.717, 1.165) is 12.2 Å². The van der Waals surface area contributed by atoms with Gasteiger partial charge >= 0.3 is 17.9 Å². The number of carbonyl (C=O) groups is 3. The molecule has 0 aliphatic heterocycles. The Labute approximate surface area is 216 Å². The van der Waals surface area contributed by atoms with Crippen molar-refractivity contribution in [1.29, 1.82) is 0 Å². The van der Waals surface area contributed by atoms with Crippen molar-refractivity contribution in [2.75, 3.05) is 31.8 Å². The highest BCUT2D eigenvalue weighted by Gasteiger charge is 2.37. The summed E-state index contributed by atoms with van der Waals surface area (Å²) in [7, 11) is 1.37. The van der Waals surface area contributed by atoms with Gasteiger partial charge < -0.3 is 14.2 Å². The van der Waals surface area contributed by atoms with Crippen molar-refractivity contribution in [3.63, 3.8) is 0 Å². The second-order valence-electron chi connectivity index (χ2n) is 8.06. The summed E-state index contributed by atoms with van der Waals surface area (Å²) >= 11 is 1.73. The Hall–Kier alpha value is -1.50. The fraction of sp³-hybridized carbons (Fsp3) is 0.815. The van der Waals surface area contributed by atoms with E-state index in [1.165, 1.54) is 39.2 Å². The third kappa shape index (κ3) is 18.9. The van der Waals surface area contributed by atoms with Crippen LogP contribution in [0.4, 0.5) is 0 Å². The normalized spacial score (nSPS) is 12.1. The van der Waals surface area contributed by atoms with E-state index in [9.17, 15) is 14.4 Å². The van der Waals surface area contributed by atoms with Crippen LogP contribution in [0.3, 0.4) is 0 Å². The second-order valence-corrected chi connectivity index (χ2v) is 9.17. The van der Waals surface area contributed by atoms with E-state index in [2.05, 4.69) is 13.5 Å². The molecule has 7 heteroatoms. The number of methoxy groups -OCH3 is 1. The highest BCUT2D eigenvalue weighted by atomic mass is 32.2. The highest BCUT2D eigenvalue weighted by molar-refractivity contribution is 7.99. The highest BCUT2D eigenvalue weighted by Crippen LogP contribution is 2.32. The van der Waals surface area contributed by atoms with Crippen molar-refractivity contribution in [1.82, 2.24) is 0 Å². The molecule has 34 heavy (non-hydrogen) atoms. The summed E-state index contributed by atoms with van der Waals surface area (Å²) in [6.45, 7) is 10.8. The van der Waals surface area contributed by atoms with Crippen molar-refractivity contribution in [2.24, 2.45) is 11.3 Å². The van der Waals surface area contributed by atoms with Crippen LogP contribution in [0, 0.1) is 11.3 Å². The second kappa shape index (κ2) is 24.6. The molecule has 0 amide bonds. The lowest BCUT2D eigenvalue weighted by Gasteiger charge is -2.28. The largest absolute Gasteiger partial charge is 0.469 e. The first kappa shape index (κ1) is 42.6. The minimum absolute atomic E-state index is 0. The van der Waals surface area contributed by atoms with Crippen LogP contribution in [0.15, 0.2) is 12.2 Å². The minimum atomic E-state index is -0.757. The number of esters is 3. The molecular weight excluding hydrogens is 452 g/mol. The third-order valence-electron chi connectivity index (χ3n) is 4.81. The fourth-order valence-corrected chi connectivity index (χ4v) is 4.27. The van der Waals surface area contributed by atoms with Gasteiger partial charge in [0.2, 0.25) is 0 Å². The molecule has 0 saturated carbocycles. The van der Waals surface area contributed by atoms with Crippen LogP contribution in [0.2, 0.25) is 0 Å². The van der Waals surface area contributed by atoms with Crippen LogP contribution in [-0.2, 0) is 28.6 Å². The Morgan fingerprint density at radius 2 is 1.47 bits per heavy atom. The molecule has 0 rings (SSSR count). The van der Waals surface area contributed by atoms with Gasteiger partial charge in [0.1, 0.15) is 13.2 Å². The van der Waals surface area contributed by atoms with Crippen LogP contribution in [0.5, 0.6) is 0 Å². The number of carbonyl (C=O) groups excluding carboxylic acids is 3. The van der Waals surface area contributed by atoms with Crippen LogP contribution < -0.4 is 0 Å². The molecule has 0 aromatic heterocycles. The van der Waals surface area contributed by atoms with Gasteiger partial charge in [-0.25, -0.2) is 4.79 Å². The average Bonchev–Trinajstić information content (AvgIpc) is 2.71. The smallest absolute Gasteiger partial charge is 0.333 e. The van der Waals surface area contributed by atoms with Crippen molar-refractivity contribution >= 4 is 29.7 Å². The Bertz CT molecular complexity index is 549. The van der Waals surface area contributed by atoms with Gasteiger partial charge in [0.15, 0.2) is 0 Å². The van der Waals surface area contributed by atoms with Gasteiger partial charge in [-0.05, 0) is 32.4 Å². The number of hydrogen-bond acceptors (Lipinski definition) is 7. The number of thioether (sulfide) groups is 1. The standard InChI is InChI=1S/C23H40O6S.4CH4/c1-7-8-9-10-11-12-15-30-17-23(5,22(26)27-6)16-19(4)21(25)29-14-13-28-20(24)18(2)3;;;;/h19H,2,7-17H2,1,3-6H3;4*1H4. The monoisotopic (exact) mass is 508 g/mol. The number of hydrogen-bond donors (Lipinski definition) is 0. The van der Waals surface area contributed by atoms with Crippen molar-refractivity contribution in [2.45, 2.75) is 102 Å². The Balaban J connectivity index is -0.000000701.